The van der Waals surface area contributed by atoms with Crippen LogP contribution in [0, 0.1) is 0 Å². The van der Waals surface area contributed by atoms with Crippen LogP contribution in [0.4, 0.5) is 0 Å². The Morgan fingerprint density at radius 3 is 3.05 bits per heavy atom. The summed E-state index contributed by atoms with van der Waals surface area (Å²) in [6.07, 6.45) is 5.02. The maximum atomic E-state index is 5.55. The molecule has 0 saturated heterocycles. The van der Waals surface area contributed by atoms with Crippen molar-refractivity contribution in [2.45, 2.75) is 25.3 Å². The Morgan fingerprint density at radius 2 is 2.30 bits per heavy atom. The average molecular weight is 271 g/mol. The van der Waals surface area contributed by atoms with Crippen molar-refractivity contribution in [3.05, 3.63) is 47.3 Å². The van der Waals surface area contributed by atoms with Crippen molar-refractivity contribution in [1.82, 2.24) is 15.1 Å². The van der Waals surface area contributed by atoms with Gasteiger partial charge in [-0.2, -0.15) is 5.10 Å². The van der Waals surface area contributed by atoms with E-state index in [2.05, 4.69) is 34.7 Å². The molecular weight excluding hydrogens is 250 g/mol. The minimum absolute atomic E-state index is 0.340. The minimum atomic E-state index is 0.340. The fraction of sp³-hybridized carbons (Fsp3) is 0.438. The number of hydrogen-bond acceptors (Lipinski definition) is 3. The molecule has 2 heterocycles. The lowest BCUT2D eigenvalue weighted by atomic mass is 10.0. The molecule has 0 bridgehead atoms. The molecule has 1 aromatic carbocycles. The Balaban J connectivity index is 1.68. The first-order chi connectivity index (χ1) is 9.78. The molecule has 3 rings (SSSR count). The maximum absolute atomic E-state index is 5.55. The van der Waals surface area contributed by atoms with Gasteiger partial charge in [0.1, 0.15) is 5.75 Å². The topological polar surface area (TPSA) is 39.1 Å². The fourth-order valence-electron chi connectivity index (χ4n) is 2.87. The Labute approximate surface area is 119 Å². The molecule has 106 valence electrons. The molecule has 1 unspecified atom stereocenters. The minimum Gasteiger partial charge on any atom is -0.493 e. The molecule has 20 heavy (non-hydrogen) atoms. The van der Waals surface area contributed by atoms with Crippen molar-refractivity contribution >= 4 is 0 Å². The number of benzene rings is 1. The van der Waals surface area contributed by atoms with E-state index in [0.717, 1.165) is 31.6 Å². The fourth-order valence-corrected chi connectivity index (χ4v) is 2.87. The van der Waals surface area contributed by atoms with E-state index in [9.17, 15) is 0 Å². The van der Waals surface area contributed by atoms with E-state index in [0.29, 0.717) is 6.04 Å². The second-order valence-electron chi connectivity index (χ2n) is 5.30. The predicted molar refractivity (Wildman–Crippen MR) is 79.0 cm³/mol. The third kappa shape index (κ3) is 2.56. The highest BCUT2D eigenvalue weighted by molar-refractivity contribution is 5.39. The van der Waals surface area contributed by atoms with Gasteiger partial charge in [-0.05, 0) is 43.1 Å². The zero-order valence-corrected chi connectivity index (χ0v) is 12.1. The first kappa shape index (κ1) is 13.2. The van der Waals surface area contributed by atoms with Crippen molar-refractivity contribution in [3.8, 4) is 5.75 Å². The van der Waals surface area contributed by atoms with Crippen molar-refractivity contribution in [2.75, 3.05) is 13.7 Å². The molecule has 0 radical (unpaired) electrons. The largest absolute Gasteiger partial charge is 0.493 e. The molecule has 0 fully saturated rings. The zero-order chi connectivity index (χ0) is 13.9. The Bertz CT molecular complexity index is 591. The summed E-state index contributed by atoms with van der Waals surface area (Å²) in [6, 6.07) is 9.00. The number of aromatic nitrogens is 2. The van der Waals surface area contributed by atoms with Crippen molar-refractivity contribution in [1.29, 1.82) is 0 Å². The van der Waals surface area contributed by atoms with Crippen LogP contribution in [-0.4, -0.2) is 23.4 Å². The van der Waals surface area contributed by atoms with Crippen LogP contribution in [0.3, 0.4) is 0 Å². The lowest BCUT2D eigenvalue weighted by Gasteiger charge is -2.16. The molecule has 1 aliphatic rings. The number of aryl methyl sites for hydroxylation is 2. The SMILES string of the molecule is CNC(CCc1ccc2c(c1)CCO2)c1ccnn1C. The van der Waals surface area contributed by atoms with Gasteiger partial charge in [0.2, 0.25) is 0 Å². The van der Waals surface area contributed by atoms with Crippen LogP contribution in [-0.2, 0) is 19.9 Å². The van der Waals surface area contributed by atoms with E-state index in [-0.39, 0.29) is 0 Å². The lowest BCUT2D eigenvalue weighted by Crippen LogP contribution is -2.20. The molecule has 0 spiro atoms. The molecule has 2 aromatic rings. The molecular formula is C16H21N3O. The second-order valence-corrected chi connectivity index (χ2v) is 5.30. The molecule has 0 aliphatic carbocycles. The van der Waals surface area contributed by atoms with E-state index < -0.39 is 0 Å². The van der Waals surface area contributed by atoms with Gasteiger partial charge in [-0.15, -0.1) is 0 Å². The molecule has 1 atom stereocenters. The van der Waals surface area contributed by atoms with Crippen LogP contribution in [0.2, 0.25) is 0 Å². The highest BCUT2D eigenvalue weighted by Gasteiger charge is 2.15. The normalized spacial score (nSPS) is 14.9. The quantitative estimate of drug-likeness (QED) is 0.906. The summed E-state index contributed by atoms with van der Waals surface area (Å²) in [5, 5.41) is 7.63. The summed E-state index contributed by atoms with van der Waals surface area (Å²) in [7, 11) is 4.00. The third-order valence-electron chi connectivity index (χ3n) is 4.04. The van der Waals surface area contributed by atoms with Gasteiger partial charge in [-0.25, -0.2) is 0 Å². The predicted octanol–water partition coefficient (Wildman–Crippen LogP) is 2.25. The van der Waals surface area contributed by atoms with Gasteiger partial charge >= 0.3 is 0 Å². The molecule has 4 nitrogen and oxygen atoms in total. The third-order valence-corrected chi connectivity index (χ3v) is 4.04. The van der Waals surface area contributed by atoms with Crippen LogP contribution in [0.1, 0.15) is 29.3 Å². The van der Waals surface area contributed by atoms with Crippen molar-refractivity contribution < 1.29 is 4.74 Å². The van der Waals surface area contributed by atoms with E-state index in [1.54, 1.807) is 0 Å². The van der Waals surface area contributed by atoms with E-state index >= 15 is 0 Å². The van der Waals surface area contributed by atoms with Crippen molar-refractivity contribution in [2.24, 2.45) is 7.05 Å². The van der Waals surface area contributed by atoms with Crippen molar-refractivity contribution in [3.63, 3.8) is 0 Å². The van der Waals surface area contributed by atoms with Gasteiger partial charge in [0.15, 0.2) is 0 Å². The molecule has 4 heteroatoms. The summed E-state index contributed by atoms with van der Waals surface area (Å²) in [5.74, 6) is 1.06. The number of hydrogen-bond donors (Lipinski definition) is 1. The number of nitrogens with zero attached hydrogens (tertiary/aromatic N) is 2. The highest BCUT2D eigenvalue weighted by Crippen LogP contribution is 2.27. The summed E-state index contributed by atoms with van der Waals surface area (Å²) in [5.41, 5.74) is 3.97. The summed E-state index contributed by atoms with van der Waals surface area (Å²) < 4.78 is 7.49. The van der Waals surface area contributed by atoms with Crippen LogP contribution in [0.15, 0.2) is 30.5 Å². The maximum Gasteiger partial charge on any atom is 0.122 e. The summed E-state index contributed by atoms with van der Waals surface area (Å²) in [6.45, 7) is 0.826. The lowest BCUT2D eigenvalue weighted by molar-refractivity contribution is 0.357. The summed E-state index contributed by atoms with van der Waals surface area (Å²) in [4.78, 5) is 0. The number of ether oxygens (including phenoxy) is 1. The first-order valence-corrected chi connectivity index (χ1v) is 7.17. The standard InChI is InChI=1S/C16H21N3O/c1-17-14(15-7-9-18-19(15)2)5-3-12-4-6-16-13(11-12)8-10-20-16/h4,6-7,9,11,14,17H,3,5,8,10H2,1-2H3. The van der Waals surface area contributed by atoms with Gasteiger partial charge in [0.05, 0.1) is 12.3 Å². The number of nitrogens with one attached hydrogen (secondary N) is 1. The smallest absolute Gasteiger partial charge is 0.122 e. The Hall–Kier alpha value is -1.81. The average Bonchev–Trinajstić information content (AvgIpc) is 3.08. The van der Waals surface area contributed by atoms with Gasteiger partial charge in [0, 0.05) is 25.7 Å². The highest BCUT2D eigenvalue weighted by atomic mass is 16.5. The second kappa shape index (κ2) is 5.67. The van der Waals surface area contributed by atoms with Crippen LogP contribution < -0.4 is 10.1 Å². The van der Waals surface area contributed by atoms with Gasteiger partial charge in [-0.1, -0.05) is 12.1 Å². The molecule has 1 N–H and O–H groups in total. The Kier molecular flexibility index (Phi) is 3.74. The zero-order valence-electron chi connectivity index (χ0n) is 12.1. The first-order valence-electron chi connectivity index (χ1n) is 7.17. The molecule has 0 saturated carbocycles. The molecule has 0 amide bonds. The van der Waals surface area contributed by atoms with Gasteiger partial charge in [-0.3, -0.25) is 4.68 Å². The van der Waals surface area contributed by atoms with E-state index in [1.807, 2.05) is 25.0 Å². The number of rotatable bonds is 5. The molecule has 1 aromatic heterocycles. The van der Waals surface area contributed by atoms with E-state index in [4.69, 9.17) is 4.74 Å². The van der Waals surface area contributed by atoms with E-state index in [1.165, 1.54) is 16.8 Å². The monoisotopic (exact) mass is 271 g/mol. The summed E-state index contributed by atoms with van der Waals surface area (Å²) >= 11 is 0. The van der Waals surface area contributed by atoms with Crippen LogP contribution >= 0.6 is 0 Å². The Morgan fingerprint density at radius 1 is 1.40 bits per heavy atom. The molecule has 1 aliphatic heterocycles. The number of fused-ring (bicyclic) bond motifs is 1. The van der Waals surface area contributed by atoms with Gasteiger partial charge in [0.25, 0.3) is 0 Å². The van der Waals surface area contributed by atoms with Gasteiger partial charge < -0.3 is 10.1 Å². The van der Waals surface area contributed by atoms with Crippen LogP contribution in [0.5, 0.6) is 5.75 Å². The van der Waals surface area contributed by atoms with Crippen LogP contribution in [0.25, 0.3) is 0 Å².